The molecule has 1 aliphatic heterocycles. The van der Waals surface area contributed by atoms with E-state index in [9.17, 15) is 18.3 Å². The number of hydrogen-bond acceptors (Lipinski definition) is 5. The van der Waals surface area contributed by atoms with Crippen LogP contribution in [0.4, 0.5) is 13.2 Å². The first-order valence-electron chi connectivity index (χ1n) is 11.0. The van der Waals surface area contributed by atoms with Gasteiger partial charge >= 0.3 is 0 Å². The smallest absolute Gasteiger partial charge is 0.217 e. The molecule has 1 fully saturated rings. The largest absolute Gasteiger partial charge is 0.410 e. The van der Waals surface area contributed by atoms with Crippen LogP contribution in [0.25, 0.3) is 0 Å². The van der Waals surface area contributed by atoms with Crippen LogP contribution in [0.2, 0.25) is 18.1 Å². The maximum absolute atomic E-state index is 14.8. The molecule has 1 saturated heterocycles. The van der Waals surface area contributed by atoms with Gasteiger partial charge in [0.25, 0.3) is 0 Å². The Morgan fingerprint density at radius 1 is 1.24 bits per heavy atom. The van der Waals surface area contributed by atoms with Gasteiger partial charge < -0.3 is 14.3 Å². The Balaban J connectivity index is 1.99. The SMILES string of the molecule is CC(C)(C)[Si](C)(C)OC(CC(O)c1nc(Br)nn1C1CCCCO1)c1c(F)ccc(F)c1F. The van der Waals surface area contributed by atoms with Crippen LogP contribution in [0.15, 0.2) is 16.9 Å². The first-order chi connectivity index (χ1) is 15.3. The van der Waals surface area contributed by atoms with Crippen molar-refractivity contribution >= 4 is 24.2 Å². The van der Waals surface area contributed by atoms with Gasteiger partial charge in [-0.2, -0.15) is 0 Å². The molecule has 3 atom stereocenters. The molecule has 3 rings (SSSR count). The van der Waals surface area contributed by atoms with Crippen molar-refractivity contribution in [2.75, 3.05) is 6.61 Å². The van der Waals surface area contributed by atoms with E-state index in [1.165, 1.54) is 4.68 Å². The monoisotopic (exact) mass is 549 g/mol. The second-order valence-corrected chi connectivity index (χ2v) is 15.3. The number of benzene rings is 1. The highest BCUT2D eigenvalue weighted by Crippen LogP contribution is 2.43. The Bertz CT molecular complexity index is 978. The van der Waals surface area contributed by atoms with E-state index in [0.717, 1.165) is 25.0 Å². The summed E-state index contributed by atoms with van der Waals surface area (Å²) in [5, 5.41) is 15.1. The van der Waals surface area contributed by atoms with Gasteiger partial charge in [0.2, 0.25) is 4.73 Å². The zero-order valence-corrected chi connectivity index (χ0v) is 22.1. The molecule has 2 heterocycles. The predicted molar refractivity (Wildman–Crippen MR) is 123 cm³/mol. The van der Waals surface area contributed by atoms with E-state index in [4.69, 9.17) is 9.16 Å². The zero-order valence-electron chi connectivity index (χ0n) is 19.5. The van der Waals surface area contributed by atoms with E-state index in [1.54, 1.807) is 0 Å². The number of nitrogens with zero attached hydrogens (tertiary/aromatic N) is 3. The molecule has 0 radical (unpaired) electrons. The van der Waals surface area contributed by atoms with Crippen LogP contribution in [0.1, 0.15) is 76.3 Å². The molecule has 1 aliphatic rings. The predicted octanol–water partition coefficient (Wildman–Crippen LogP) is 6.34. The summed E-state index contributed by atoms with van der Waals surface area (Å²) in [4.78, 5) is 4.27. The van der Waals surface area contributed by atoms with Crippen molar-refractivity contribution in [2.45, 2.75) is 83.0 Å². The highest BCUT2D eigenvalue weighted by molar-refractivity contribution is 9.10. The summed E-state index contributed by atoms with van der Waals surface area (Å²) in [5.41, 5.74) is -0.530. The molecule has 1 aromatic heterocycles. The molecular weight excluding hydrogens is 519 g/mol. The van der Waals surface area contributed by atoms with Crippen LogP contribution in [-0.4, -0.2) is 34.8 Å². The number of hydrogen-bond donors (Lipinski definition) is 1. The number of ether oxygens (including phenoxy) is 1. The summed E-state index contributed by atoms with van der Waals surface area (Å²) in [6, 6.07) is 1.61. The van der Waals surface area contributed by atoms with Gasteiger partial charge in [-0.15, -0.1) is 5.10 Å². The summed E-state index contributed by atoms with van der Waals surface area (Å²) in [5.74, 6) is -3.23. The lowest BCUT2D eigenvalue weighted by atomic mass is 10.0. The molecule has 0 saturated carbocycles. The molecule has 1 aromatic carbocycles. The molecule has 0 aliphatic carbocycles. The van der Waals surface area contributed by atoms with E-state index in [0.29, 0.717) is 13.0 Å². The fourth-order valence-corrected chi connectivity index (χ4v) is 5.20. The van der Waals surface area contributed by atoms with Gasteiger partial charge in [0.1, 0.15) is 11.9 Å². The van der Waals surface area contributed by atoms with Crippen molar-refractivity contribution in [1.29, 1.82) is 0 Å². The molecule has 1 N–H and O–H groups in total. The summed E-state index contributed by atoms with van der Waals surface area (Å²) < 4.78 is 57.5. The van der Waals surface area contributed by atoms with Crippen molar-refractivity contribution < 1.29 is 27.4 Å². The second kappa shape index (κ2) is 10.1. The number of aliphatic hydroxyl groups is 1. The Morgan fingerprint density at radius 2 is 1.91 bits per heavy atom. The highest BCUT2D eigenvalue weighted by atomic mass is 79.9. The lowest BCUT2D eigenvalue weighted by Gasteiger charge is -2.40. The van der Waals surface area contributed by atoms with Gasteiger partial charge in [-0.3, -0.25) is 0 Å². The van der Waals surface area contributed by atoms with Crippen molar-refractivity contribution in [3.05, 3.63) is 45.7 Å². The standard InChI is InChI=1S/C22H31BrF3N3O3Si/c1-22(2,3)33(4,5)32-16(18-13(24)9-10-14(25)19(18)26)12-15(30)20-27-21(23)28-29(20)17-8-6-7-11-31-17/h9-10,15-17,30H,6-8,11-12H2,1-5H3. The fourth-order valence-electron chi connectivity index (χ4n) is 3.57. The summed E-state index contributed by atoms with van der Waals surface area (Å²) >= 11 is 3.23. The third-order valence-electron chi connectivity index (χ3n) is 6.44. The van der Waals surface area contributed by atoms with Crippen LogP contribution >= 0.6 is 15.9 Å². The number of aliphatic hydroxyl groups excluding tert-OH is 1. The normalized spacial score (nSPS) is 19.5. The van der Waals surface area contributed by atoms with E-state index in [1.807, 2.05) is 33.9 Å². The van der Waals surface area contributed by atoms with Crippen molar-refractivity contribution in [2.24, 2.45) is 0 Å². The van der Waals surface area contributed by atoms with Crippen molar-refractivity contribution in [3.63, 3.8) is 0 Å². The lowest BCUT2D eigenvalue weighted by molar-refractivity contribution is -0.0467. The summed E-state index contributed by atoms with van der Waals surface area (Å²) in [6.07, 6.45) is -0.573. The van der Waals surface area contributed by atoms with Crippen LogP contribution in [0.5, 0.6) is 0 Å². The van der Waals surface area contributed by atoms with Crippen molar-refractivity contribution in [3.8, 4) is 0 Å². The molecule has 3 unspecified atom stereocenters. The third-order valence-corrected chi connectivity index (χ3v) is 11.3. The van der Waals surface area contributed by atoms with E-state index in [2.05, 4.69) is 26.0 Å². The van der Waals surface area contributed by atoms with Crippen LogP contribution in [0.3, 0.4) is 0 Å². The number of halogens is 4. The molecule has 2 aromatic rings. The van der Waals surface area contributed by atoms with Gasteiger partial charge in [-0.05, 0) is 65.5 Å². The van der Waals surface area contributed by atoms with Gasteiger partial charge in [0, 0.05) is 13.0 Å². The second-order valence-electron chi connectivity index (χ2n) is 9.88. The molecule has 6 nitrogen and oxygen atoms in total. The van der Waals surface area contributed by atoms with Crippen LogP contribution in [0, 0.1) is 17.5 Å². The maximum atomic E-state index is 14.8. The maximum Gasteiger partial charge on any atom is 0.217 e. The summed E-state index contributed by atoms with van der Waals surface area (Å²) in [7, 11) is -2.57. The minimum atomic E-state index is -2.57. The Hall–Kier alpha value is -1.27. The third kappa shape index (κ3) is 5.87. The Morgan fingerprint density at radius 3 is 2.52 bits per heavy atom. The Labute approximate surface area is 201 Å². The lowest BCUT2D eigenvalue weighted by Crippen LogP contribution is -2.42. The molecule has 0 spiro atoms. The highest BCUT2D eigenvalue weighted by Gasteiger charge is 2.42. The molecule has 33 heavy (non-hydrogen) atoms. The van der Waals surface area contributed by atoms with Gasteiger partial charge in [-0.1, -0.05) is 20.8 Å². The molecule has 184 valence electrons. The molecule has 11 heteroatoms. The van der Waals surface area contributed by atoms with Gasteiger partial charge in [-0.25, -0.2) is 22.8 Å². The van der Waals surface area contributed by atoms with Gasteiger partial charge in [0.05, 0.1) is 11.7 Å². The average molecular weight is 550 g/mol. The number of rotatable bonds is 7. The quantitative estimate of drug-likeness (QED) is 0.322. The minimum absolute atomic E-state index is 0.190. The van der Waals surface area contributed by atoms with Gasteiger partial charge in [0.15, 0.2) is 32.0 Å². The molecular formula is C22H31BrF3N3O3Si. The van der Waals surface area contributed by atoms with E-state index < -0.39 is 49.8 Å². The fraction of sp³-hybridized carbons (Fsp3) is 0.636. The summed E-state index contributed by atoms with van der Waals surface area (Å²) in [6.45, 7) is 10.4. The first kappa shape index (κ1) is 26.3. The minimum Gasteiger partial charge on any atom is -0.410 e. The van der Waals surface area contributed by atoms with Crippen LogP contribution in [-0.2, 0) is 9.16 Å². The topological polar surface area (TPSA) is 69.4 Å². The van der Waals surface area contributed by atoms with E-state index >= 15 is 0 Å². The first-order valence-corrected chi connectivity index (χ1v) is 14.7. The molecule has 0 bridgehead atoms. The Kier molecular flexibility index (Phi) is 8.10. The molecule has 0 amide bonds. The van der Waals surface area contributed by atoms with Crippen molar-refractivity contribution in [1.82, 2.24) is 14.8 Å². The van der Waals surface area contributed by atoms with Crippen LogP contribution < -0.4 is 0 Å². The number of aromatic nitrogens is 3. The van der Waals surface area contributed by atoms with E-state index in [-0.39, 0.29) is 22.0 Å². The zero-order chi connectivity index (χ0) is 24.6. The average Bonchev–Trinajstić information content (AvgIpc) is 3.12.